The summed E-state index contributed by atoms with van der Waals surface area (Å²) in [5.74, 6) is -0.952. The summed E-state index contributed by atoms with van der Waals surface area (Å²) in [6.07, 6.45) is 2.05. The molecule has 1 unspecified atom stereocenters. The topological polar surface area (TPSA) is 84.5 Å². The number of aromatic nitrogens is 1. The summed E-state index contributed by atoms with van der Waals surface area (Å²) in [7, 11) is -0.567. The van der Waals surface area contributed by atoms with Crippen molar-refractivity contribution in [1.29, 1.82) is 5.41 Å². The molecule has 0 saturated carbocycles. The molecular formula is C15H24BBrN2O4. The van der Waals surface area contributed by atoms with Crippen LogP contribution in [0.5, 0.6) is 0 Å². The first-order valence-electron chi connectivity index (χ1n) is 7.44. The van der Waals surface area contributed by atoms with Crippen molar-refractivity contribution in [3.63, 3.8) is 0 Å². The number of nitrogens with zero attached hydrogens (tertiary/aromatic N) is 1. The van der Waals surface area contributed by atoms with Gasteiger partial charge in [0.1, 0.15) is 11.5 Å². The molecule has 0 radical (unpaired) electrons. The Balaban J connectivity index is 0.00000264. The number of rotatable bonds is 4. The highest BCUT2D eigenvalue weighted by molar-refractivity contribution is 8.93. The van der Waals surface area contributed by atoms with E-state index in [2.05, 4.69) is 0 Å². The van der Waals surface area contributed by atoms with Crippen LogP contribution < -0.4 is 11.0 Å². The molecule has 1 aromatic rings. The summed E-state index contributed by atoms with van der Waals surface area (Å²) in [6.45, 7) is 9.64. The fraction of sp³-hybridized carbons (Fsp3) is 0.600. The molecule has 2 rings (SSSR count). The lowest BCUT2D eigenvalue weighted by atomic mass is 9.80. The Kier molecular flexibility index (Phi) is 5.88. The van der Waals surface area contributed by atoms with Crippen LogP contribution in [0.4, 0.5) is 0 Å². The van der Waals surface area contributed by atoms with E-state index in [4.69, 9.17) is 14.7 Å². The van der Waals surface area contributed by atoms with Gasteiger partial charge in [0, 0.05) is 6.20 Å². The molecule has 1 aliphatic rings. The maximum atomic E-state index is 11.4. The van der Waals surface area contributed by atoms with Gasteiger partial charge in [-0.15, -0.1) is 17.0 Å². The minimum Gasteiger partial charge on any atom is -0.480 e. The van der Waals surface area contributed by atoms with Crippen LogP contribution in [-0.2, 0) is 14.1 Å². The Bertz CT molecular complexity index is 629. The van der Waals surface area contributed by atoms with E-state index >= 15 is 0 Å². The minimum atomic E-state index is -0.952. The zero-order valence-electron chi connectivity index (χ0n) is 14.1. The van der Waals surface area contributed by atoms with Gasteiger partial charge in [-0.05, 0) is 45.6 Å². The van der Waals surface area contributed by atoms with Gasteiger partial charge in [-0.25, -0.2) is 4.79 Å². The van der Waals surface area contributed by atoms with E-state index in [0.29, 0.717) is 11.9 Å². The van der Waals surface area contributed by atoms with E-state index in [-0.39, 0.29) is 22.5 Å². The van der Waals surface area contributed by atoms with Gasteiger partial charge < -0.3 is 19.0 Å². The molecule has 0 aromatic carbocycles. The fourth-order valence-electron chi connectivity index (χ4n) is 2.40. The van der Waals surface area contributed by atoms with Crippen molar-refractivity contribution in [1.82, 2.24) is 4.57 Å². The van der Waals surface area contributed by atoms with Crippen LogP contribution in [-0.4, -0.2) is 34.0 Å². The largest absolute Gasteiger partial charge is 0.496 e. The summed E-state index contributed by atoms with van der Waals surface area (Å²) in [5, 5.41) is 17.2. The normalized spacial score (nSPS) is 20.0. The molecule has 0 spiro atoms. The van der Waals surface area contributed by atoms with E-state index in [9.17, 15) is 9.90 Å². The van der Waals surface area contributed by atoms with Crippen LogP contribution in [0.15, 0.2) is 18.3 Å². The Morgan fingerprint density at radius 2 is 1.83 bits per heavy atom. The van der Waals surface area contributed by atoms with Crippen molar-refractivity contribution in [3.05, 3.63) is 23.8 Å². The molecule has 1 aliphatic heterocycles. The molecule has 1 atom stereocenters. The molecule has 0 aliphatic carbocycles. The number of aliphatic carboxylic acids is 1. The maximum Gasteiger partial charge on any atom is 0.496 e. The molecule has 0 amide bonds. The van der Waals surface area contributed by atoms with Gasteiger partial charge >= 0.3 is 13.1 Å². The van der Waals surface area contributed by atoms with Crippen LogP contribution in [0, 0.1) is 5.41 Å². The van der Waals surface area contributed by atoms with Gasteiger partial charge in [0.15, 0.2) is 0 Å². The Labute approximate surface area is 147 Å². The Morgan fingerprint density at radius 3 is 2.26 bits per heavy atom. The number of hydrogen-bond acceptors (Lipinski definition) is 4. The zero-order valence-corrected chi connectivity index (χ0v) is 15.8. The monoisotopic (exact) mass is 386 g/mol. The molecule has 1 saturated heterocycles. The standard InChI is InChI=1S/C15H23BN2O4.BrH/c1-6-11(13(19)20)18-9-10(7-8-12(18)17)16-21-14(2,3)15(4,5)22-16;/h7-9,11,17H,6H2,1-5H3,(H,19,20);1H. The second kappa shape index (κ2) is 6.79. The van der Waals surface area contributed by atoms with Gasteiger partial charge in [-0.1, -0.05) is 13.0 Å². The van der Waals surface area contributed by atoms with E-state index in [0.717, 1.165) is 0 Å². The van der Waals surface area contributed by atoms with E-state index in [1.165, 1.54) is 4.57 Å². The number of carbonyl (C=O) groups is 1. The first kappa shape index (κ1) is 19.9. The maximum absolute atomic E-state index is 11.4. The molecule has 6 nitrogen and oxygen atoms in total. The first-order valence-corrected chi connectivity index (χ1v) is 7.44. The lowest BCUT2D eigenvalue weighted by molar-refractivity contribution is -0.141. The average Bonchev–Trinajstić information content (AvgIpc) is 2.61. The van der Waals surface area contributed by atoms with E-state index in [1.54, 1.807) is 25.3 Å². The van der Waals surface area contributed by atoms with Crippen molar-refractivity contribution in [3.8, 4) is 0 Å². The minimum absolute atomic E-state index is 0. The number of hydrogen-bond donors (Lipinski definition) is 2. The number of carboxylic acids is 1. The lowest BCUT2D eigenvalue weighted by Crippen LogP contribution is -2.41. The van der Waals surface area contributed by atoms with Crippen molar-refractivity contribution < 1.29 is 19.2 Å². The van der Waals surface area contributed by atoms with Crippen LogP contribution in [0.3, 0.4) is 0 Å². The van der Waals surface area contributed by atoms with Crippen LogP contribution in [0.2, 0.25) is 0 Å². The molecule has 1 fully saturated rings. The van der Waals surface area contributed by atoms with Crippen LogP contribution in [0.1, 0.15) is 47.1 Å². The summed E-state index contributed by atoms with van der Waals surface area (Å²) in [4.78, 5) is 11.4. The third kappa shape index (κ3) is 3.70. The van der Waals surface area contributed by atoms with Gasteiger partial charge in [0.2, 0.25) is 0 Å². The highest BCUT2D eigenvalue weighted by atomic mass is 79.9. The Morgan fingerprint density at radius 1 is 1.30 bits per heavy atom. The number of pyridine rings is 1. The molecule has 2 heterocycles. The zero-order chi connectivity index (χ0) is 16.7. The second-order valence-electron chi connectivity index (χ2n) is 6.61. The first-order chi connectivity index (χ1) is 10.1. The summed E-state index contributed by atoms with van der Waals surface area (Å²) in [5.41, 5.74) is -0.0538. The molecule has 1 aromatic heterocycles. The number of halogens is 1. The highest BCUT2D eigenvalue weighted by Gasteiger charge is 2.51. The quantitative estimate of drug-likeness (QED) is 0.773. The van der Waals surface area contributed by atoms with Crippen molar-refractivity contribution in [2.75, 3.05) is 0 Å². The summed E-state index contributed by atoms with van der Waals surface area (Å²) < 4.78 is 13.4. The average molecular weight is 387 g/mol. The fourth-order valence-corrected chi connectivity index (χ4v) is 2.40. The molecule has 23 heavy (non-hydrogen) atoms. The van der Waals surface area contributed by atoms with Crippen molar-refractivity contribution in [2.24, 2.45) is 0 Å². The van der Waals surface area contributed by atoms with Gasteiger partial charge in [-0.3, -0.25) is 5.41 Å². The van der Waals surface area contributed by atoms with Gasteiger partial charge in [0.25, 0.3) is 0 Å². The highest BCUT2D eigenvalue weighted by Crippen LogP contribution is 2.36. The third-order valence-corrected chi connectivity index (χ3v) is 4.53. The van der Waals surface area contributed by atoms with Gasteiger partial charge in [0.05, 0.1) is 11.2 Å². The van der Waals surface area contributed by atoms with Crippen molar-refractivity contribution in [2.45, 2.75) is 58.3 Å². The molecule has 0 bridgehead atoms. The molecular weight excluding hydrogens is 363 g/mol. The SMILES string of the molecule is Br.CCC(C(=O)O)n1cc(B2OC(C)(C)C(C)(C)O2)ccc1=N. The van der Waals surface area contributed by atoms with Gasteiger partial charge in [-0.2, -0.15) is 0 Å². The smallest absolute Gasteiger partial charge is 0.480 e. The predicted octanol–water partition coefficient (Wildman–Crippen LogP) is 1.88. The van der Waals surface area contributed by atoms with Crippen molar-refractivity contribution >= 4 is 35.5 Å². The molecule has 8 heteroatoms. The Hall–Kier alpha value is -1.12. The predicted molar refractivity (Wildman–Crippen MR) is 93.3 cm³/mol. The second-order valence-corrected chi connectivity index (χ2v) is 6.61. The number of carboxylic acid groups (broad SMARTS) is 1. The number of nitrogens with one attached hydrogen (secondary N) is 1. The van der Waals surface area contributed by atoms with E-state index < -0.39 is 30.3 Å². The molecule has 128 valence electrons. The summed E-state index contributed by atoms with van der Waals surface area (Å²) >= 11 is 0. The lowest BCUT2D eigenvalue weighted by Gasteiger charge is -2.32. The van der Waals surface area contributed by atoms with E-state index in [1.807, 2.05) is 27.7 Å². The third-order valence-electron chi connectivity index (χ3n) is 4.53. The summed E-state index contributed by atoms with van der Waals surface area (Å²) in [6, 6.07) is 2.55. The van der Waals surface area contributed by atoms with Crippen LogP contribution in [0.25, 0.3) is 0 Å². The van der Waals surface area contributed by atoms with Crippen LogP contribution >= 0.6 is 17.0 Å². The molecule has 2 N–H and O–H groups in total.